The van der Waals surface area contributed by atoms with Crippen LogP contribution < -0.4 is 0 Å². The van der Waals surface area contributed by atoms with Gasteiger partial charge in [0.2, 0.25) is 0 Å². The third-order valence-electron chi connectivity index (χ3n) is 2.65. The molecule has 0 aliphatic carbocycles. The molecule has 1 aromatic rings. The van der Waals surface area contributed by atoms with Crippen LogP contribution in [-0.2, 0) is 11.3 Å². The quantitative estimate of drug-likeness (QED) is 0.860. The van der Waals surface area contributed by atoms with Crippen molar-refractivity contribution < 1.29 is 9.84 Å². The predicted molar refractivity (Wildman–Crippen MR) is 63.5 cm³/mol. The Morgan fingerprint density at radius 1 is 1.62 bits per heavy atom. The first-order valence-electron chi connectivity index (χ1n) is 5.57. The lowest BCUT2D eigenvalue weighted by molar-refractivity contribution is -0.0970. The molecule has 0 bridgehead atoms. The zero-order chi connectivity index (χ0) is 11.5. The Hall–Kier alpha value is -0.490. The van der Waals surface area contributed by atoms with Crippen LogP contribution in [0.15, 0.2) is 6.20 Å². The number of aliphatic hydroxyl groups is 1. The van der Waals surface area contributed by atoms with Gasteiger partial charge in [0.1, 0.15) is 0 Å². The van der Waals surface area contributed by atoms with Gasteiger partial charge in [0.25, 0.3) is 0 Å². The molecule has 0 amide bonds. The Balaban J connectivity index is 1.93. The maximum Gasteiger partial charge on any atom is 0.0936 e. The standard InChI is InChI=1S/C11H18N2O2S/c1-8-4-13(5-10(7-14)15-8)6-11-3-12-9(2)16-11/h3,8,10,14H,4-7H2,1-2H3. The van der Waals surface area contributed by atoms with Gasteiger partial charge in [0.15, 0.2) is 0 Å². The van der Waals surface area contributed by atoms with Crippen LogP contribution in [0.2, 0.25) is 0 Å². The number of morpholine rings is 1. The van der Waals surface area contributed by atoms with Crippen molar-refractivity contribution in [2.24, 2.45) is 0 Å². The highest BCUT2D eigenvalue weighted by Crippen LogP contribution is 2.18. The molecule has 1 aliphatic rings. The molecule has 0 saturated carbocycles. The van der Waals surface area contributed by atoms with Crippen LogP contribution in [0.3, 0.4) is 0 Å². The van der Waals surface area contributed by atoms with Crippen molar-refractivity contribution in [3.8, 4) is 0 Å². The summed E-state index contributed by atoms with van der Waals surface area (Å²) in [5.74, 6) is 0. The van der Waals surface area contributed by atoms with Crippen LogP contribution in [0, 0.1) is 6.92 Å². The van der Waals surface area contributed by atoms with Crippen LogP contribution in [0.5, 0.6) is 0 Å². The summed E-state index contributed by atoms with van der Waals surface area (Å²) < 4.78 is 5.60. The molecule has 90 valence electrons. The smallest absolute Gasteiger partial charge is 0.0936 e. The summed E-state index contributed by atoms with van der Waals surface area (Å²) in [7, 11) is 0. The first-order valence-corrected chi connectivity index (χ1v) is 6.39. The van der Waals surface area contributed by atoms with Gasteiger partial charge in [-0.1, -0.05) is 0 Å². The van der Waals surface area contributed by atoms with Gasteiger partial charge in [-0.05, 0) is 13.8 Å². The molecule has 1 aromatic heterocycles. The summed E-state index contributed by atoms with van der Waals surface area (Å²) in [4.78, 5) is 7.85. The molecule has 1 fully saturated rings. The molecule has 2 unspecified atom stereocenters. The Morgan fingerprint density at radius 2 is 2.44 bits per heavy atom. The number of aliphatic hydroxyl groups excluding tert-OH is 1. The zero-order valence-electron chi connectivity index (χ0n) is 9.72. The molecular formula is C11H18N2O2S. The lowest BCUT2D eigenvalue weighted by Crippen LogP contribution is -2.47. The van der Waals surface area contributed by atoms with Crippen LogP contribution >= 0.6 is 11.3 Å². The molecule has 5 heteroatoms. The molecule has 0 spiro atoms. The lowest BCUT2D eigenvalue weighted by Gasteiger charge is -2.35. The van der Waals surface area contributed by atoms with Gasteiger partial charge < -0.3 is 9.84 Å². The van der Waals surface area contributed by atoms with E-state index in [2.05, 4.69) is 9.88 Å². The lowest BCUT2D eigenvalue weighted by atomic mass is 10.2. The van der Waals surface area contributed by atoms with E-state index in [0.29, 0.717) is 0 Å². The van der Waals surface area contributed by atoms with Crippen molar-refractivity contribution in [1.82, 2.24) is 9.88 Å². The SMILES string of the molecule is Cc1ncc(CN2CC(C)OC(CO)C2)s1. The fraction of sp³-hybridized carbons (Fsp3) is 0.727. The van der Waals surface area contributed by atoms with Crippen molar-refractivity contribution in [2.45, 2.75) is 32.6 Å². The van der Waals surface area contributed by atoms with Crippen molar-refractivity contribution in [3.05, 3.63) is 16.1 Å². The Kier molecular flexibility index (Phi) is 3.91. The monoisotopic (exact) mass is 242 g/mol. The molecule has 16 heavy (non-hydrogen) atoms. The fourth-order valence-electron chi connectivity index (χ4n) is 2.07. The van der Waals surface area contributed by atoms with Crippen LogP contribution in [0.4, 0.5) is 0 Å². The number of hydrogen-bond donors (Lipinski definition) is 1. The van der Waals surface area contributed by atoms with Crippen molar-refractivity contribution in [2.75, 3.05) is 19.7 Å². The summed E-state index contributed by atoms with van der Waals surface area (Å²) in [5, 5.41) is 10.2. The van der Waals surface area contributed by atoms with Gasteiger partial charge in [0.05, 0.1) is 23.8 Å². The molecule has 0 aromatic carbocycles. The fourth-order valence-corrected chi connectivity index (χ4v) is 2.91. The van der Waals surface area contributed by atoms with E-state index in [1.54, 1.807) is 11.3 Å². The Labute approximate surface area is 99.9 Å². The molecule has 2 atom stereocenters. The molecule has 1 N–H and O–H groups in total. The Bertz CT molecular complexity index is 342. The highest BCUT2D eigenvalue weighted by atomic mass is 32.1. The van der Waals surface area contributed by atoms with Crippen molar-refractivity contribution in [1.29, 1.82) is 0 Å². The summed E-state index contributed by atoms with van der Waals surface area (Å²) in [6.45, 7) is 6.81. The normalized spacial score (nSPS) is 27.2. The third kappa shape index (κ3) is 3.01. The minimum atomic E-state index is -0.0437. The largest absolute Gasteiger partial charge is 0.394 e. The average Bonchev–Trinajstić information content (AvgIpc) is 2.63. The van der Waals surface area contributed by atoms with Crippen molar-refractivity contribution >= 4 is 11.3 Å². The maximum atomic E-state index is 9.14. The van der Waals surface area contributed by atoms with Gasteiger partial charge in [-0.15, -0.1) is 11.3 Å². The van der Waals surface area contributed by atoms with Gasteiger partial charge in [-0.2, -0.15) is 0 Å². The minimum absolute atomic E-state index is 0.0437. The number of hydrogen-bond acceptors (Lipinski definition) is 5. The van der Waals surface area contributed by atoms with Gasteiger partial charge in [0, 0.05) is 30.7 Å². The van der Waals surface area contributed by atoms with E-state index in [1.807, 2.05) is 20.0 Å². The average molecular weight is 242 g/mol. The molecule has 2 heterocycles. The predicted octanol–water partition coefficient (Wildman–Crippen LogP) is 1.03. The van der Waals surface area contributed by atoms with Gasteiger partial charge >= 0.3 is 0 Å². The molecule has 1 saturated heterocycles. The third-order valence-corrected chi connectivity index (χ3v) is 3.55. The summed E-state index contributed by atoms with van der Waals surface area (Å²) in [6, 6.07) is 0. The number of nitrogens with zero attached hydrogens (tertiary/aromatic N) is 2. The topological polar surface area (TPSA) is 45.6 Å². The van der Waals surface area contributed by atoms with Gasteiger partial charge in [-0.25, -0.2) is 4.98 Å². The van der Waals surface area contributed by atoms with Crippen LogP contribution in [0.25, 0.3) is 0 Å². The molecule has 4 nitrogen and oxygen atoms in total. The molecule has 2 rings (SSSR count). The first kappa shape index (κ1) is 12.0. The van der Waals surface area contributed by atoms with E-state index in [1.165, 1.54) is 4.88 Å². The minimum Gasteiger partial charge on any atom is -0.394 e. The highest BCUT2D eigenvalue weighted by Gasteiger charge is 2.24. The number of thiazole rings is 1. The maximum absolute atomic E-state index is 9.14. The summed E-state index contributed by atoms with van der Waals surface area (Å²) >= 11 is 1.74. The first-order chi connectivity index (χ1) is 7.67. The van der Waals surface area contributed by atoms with E-state index < -0.39 is 0 Å². The molecule has 1 aliphatic heterocycles. The highest BCUT2D eigenvalue weighted by molar-refractivity contribution is 7.11. The van der Waals surface area contributed by atoms with E-state index in [-0.39, 0.29) is 18.8 Å². The molecular weight excluding hydrogens is 224 g/mol. The van der Waals surface area contributed by atoms with Crippen molar-refractivity contribution in [3.63, 3.8) is 0 Å². The van der Waals surface area contributed by atoms with E-state index in [0.717, 1.165) is 24.6 Å². The Morgan fingerprint density at radius 3 is 3.06 bits per heavy atom. The number of aryl methyl sites for hydroxylation is 1. The second-order valence-corrected chi connectivity index (χ2v) is 5.61. The summed E-state index contributed by atoms with van der Waals surface area (Å²) in [5.41, 5.74) is 0. The second-order valence-electron chi connectivity index (χ2n) is 4.29. The van der Waals surface area contributed by atoms with E-state index in [9.17, 15) is 0 Å². The number of aromatic nitrogens is 1. The zero-order valence-corrected chi connectivity index (χ0v) is 10.5. The van der Waals surface area contributed by atoms with E-state index >= 15 is 0 Å². The van der Waals surface area contributed by atoms with Gasteiger partial charge in [-0.3, -0.25) is 4.90 Å². The van der Waals surface area contributed by atoms with E-state index in [4.69, 9.17) is 9.84 Å². The summed E-state index contributed by atoms with van der Waals surface area (Å²) in [6.07, 6.45) is 2.09. The van der Waals surface area contributed by atoms with Crippen LogP contribution in [-0.4, -0.2) is 46.9 Å². The number of ether oxygens (including phenoxy) is 1. The van der Waals surface area contributed by atoms with Crippen LogP contribution in [0.1, 0.15) is 16.8 Å². The second kappa shape index (κ2) is 5.23. The number of rotatable bonds is 3. The molecule has 0 radical (unpaired) electrons.